The summed E-state index contributed by atoms with van der Waals surface area (Å²) in [6.45, 7) is 0.250. The Morgan fingerprint density at radius 3 is 1.22 bits per heavy atom. The van der Waals surface area contributed by atoms with Crippen molar-refractivity contribution in [2.45, 2.75) is 0 Å². The molecular formula is C20H23N6O17Y2-5. The number of rotatable bonds is 4. The first kappa shape index (κ1) is 51.1. The SMILES string of the molecule is CN1C(=O)C2(C(=O)[N-]C2=O)C1=O.CNC(=O)C(C([NH-])=O)(C(=O)O)C(=O)O.NCN.O=C1OC(=O)C12C(=O)OC2=O.[CH3-].[CH3-].[OH-].[Y].[Y]. The number of hydrogen-bond acceptors (Lipinski definition) is 17. The number of likely N-dealkylation sites (tertiary alicyclic amines) is 1. The Bertz CT molecular complexity index is 1180. The standard InChI is InChI=1S/C6H8N2O6.C6H4N2O4.C5O6.CH6N2.2CH3.H2O.2Y/c1-8-3(10)6(2(7)9,4(11)12)5(13)14;1-8-4(11)6(5(8)12)2(9)7-3(6)10;6-1-5(2(7)10-1)3(8)11-4(5)9;2-1-3;;;;;/h1H3,(H5,7,8,9,10,11,12,13,14);1H3,(H,7,9,10);;1-3H2;2*1H3;1H2;;/q;;;;2*-1;;;/p-3. The molecule has 0 aromatic carbocycles. The third-order valence-corrected chi connectivity index (χ3v) is 5.24. The molecule has 2 radical (unpaired) electrons. The number of β-lactam (4-membered cyclic amide) rings is 4. The summed E-state index contributed by atoms with van der Waals surface area (Å²) < 4.78 is 7.68. The van der Waals surface area contributed by atoms with Crippen LogP contribution < -0.4 is 16.8 Å². The molecule has 0 aromatic heterocycles. The number of hydrogen-bond donors (Lipinski definition) is 5. The number of carboxylic acid groups (broad SMARTS) is 2. The Morgan fingerprint density at radius 2 is 1.11 bits per heavy atom. The van der Waals surface area contributed by atoms with Gasteiger partial charge in [0, 0.05) is 86.2 Å². The average Bonchev–Trinajstić information content (AvgIpc) is 2.84. The summed E-state index contributed by atoms with van der Waals surface area (Å²) >= 11 is 0. The van der Waals surface area contributed by atoms with E-state index in [0.717, 1.165) is 11.9 Å². The number of esters is 4. The maximum Gasteiger partial charge on any atom is 0.357 e. The zero-order valence-corrected chi connectivity index (χ0v) is 29.1. The molecule has 9 N–H and O–H groups in total. The summed E-state index contributed by atoms with van der Waals surface area (Å²) in [7, 11) is 2.18. The number of cyclic esters (lactones) is 4. The van der Waals surface area contributed by atoms with E-state index in [2.05, 4.69) is 26.3 Å². The minimum Gasteiger partial charge on any atom is -0.870 e. The monoisotopic (exact) mass is 797 g/mol. The van der Waals surface area contributed by atoms with Gasteiger partial charge in [-0.25, -0.2) is 28.8 Å². The molecule has 0 aliphatic carbocycles. The second-order valence-corrected chi connectivity index (χ2v) is 7.25. The Balaban J connectivity index is -0.000000162. The minimum atomic E-state index is -3.38. The quantitative estimate of drug-likeness (QED) is 0.0582. The smallest absolute Gasteiger partial charge is 0.357 e. The molecule has 4 fully saturated rings. The Labute approximate surface area is 302 Å². The molecule has 0 bridgehead atoms. The second kappa shape index (κ2) is 18.5. The molecule has 0 aromatic rings. The van der Waals surface area contributed by atoms with E-state index in [1.807, 2.05) is 0 Å². The van der Waals surface area contributed by atoms with Gasteiger partial charge in [0.15, 0.2) is 0 Å². The number of carbonyl (C=O) groups is 12. The zero-order chi connectivity index (χ0) is 31.5. The summed E-state index contributed by atoms with van der Waals surface area (Å²) in [6, 6.07) is 0. The van der Waals surface area contributed by atoms with Gasteiger partial charge >= 0.3 is 41.2 Å². The number of imide groups is 2. The molecule has 4 heterocycles. The largest absolute Gasteiger partial charge is 0.870 e. The summed E-state index contributed by atoms with van der Waals surface area (Å²) in [4.78, 5) is 129. The van der Waals surface area contributed by atoms with Gasteiger partial charge in [0.1, 0.15) is 0 Å². The molecule has 6 amide bonds. The van der Waals surface area contributed by atoms with Crippen molar-refractivity contribution in [3.63, 3.8) is 0 Å². The topological polar surface area (TPSA) is 399 Å². The van der Waals surface area contributed by atoms with E-state index in [0.29, 0.717) is 0 Å². The van der Waals surface area contributed by atoms with Gasteiger partial charge in [0.2, 0.25) is 5.41 Å². The molecule has 0 unspecified atom stereocenters. The molecular weight excluding hydrogens is 774 g/mol. The van der Waals surface area contributed by atoms with E-state index in [1.54, 1.807) is 5.32 Å². The van der Waals surface area contributed by atoms with Gasteiger partial charge in [-0.15, -0.1) is 0 Å². The molecule has 4 rings (SSSR count). The first-order chi connectivity index (χ1) is 18.3. The van der Waals surface area contributed by atoms with Crippen LogP contribution in [0.5, 0.6) is 0 Å². The normalized spacial score (nSPS) is 16.6. The van der Waals surface area contributed by atoms with Crippen molar-refractivity contribution < 1.29 is 148 Å². The van der Waals surface area contributed by atoms with Crippen molar-refractivity contribution >= 4 is 71.3 Å². The fraction of sp³-hybridized carbons (Fsp3) is 0.300. The molecule has 0 atom stereocenters. The van der Waals surface area contributed by atoms with E-state index in [1.165, 1.54) is 7.05 Å². The van der Waals surface area contributed by atoms with Gasteiger partial charge in [-0.1, -0.05) is 0 Å². The molecule has 4 aliphatic rings. The molecule has 0 saturated carbocycles. The third-order valence-electron chi connectivity index (χ3n) is 5.24. The Morgan fingerprint density at radius 1 is 0.822 bits per heavy atom. The molecule has 25 heteroatoms. The number of nitrogens with one attached hydrogen (secondary N) is 2. The van der Waals surface area contributed by atoms with Crippen LogP contribution in [0.25, 0.3) is 11.1 Å². The number of nitrogens with two attached hydrogens (primary N) is 2. The van der Waals surface area contributed by atoms with Crippen LogP contribution in [0.3, 0.4) is 0 Å². The molecule has 23 nitrogen and oxygen atoms in total. The van der Waals surface area contributed by atoms with E-state index < -0.39 is 87.5 Å². The van der Waals surface area contributed by atoms with Crippen LogP contribution in [0, 0.1) is 31.1 Å². The predicted octanol–water partition coefficient (Wildman–Crippen LogP) is -5.40. The molecule has 246 valence electrons. The van der Waals surface area contributed by atoms with Crippen LogP contribution in [0.2, 0.25) is 0 Å². The Hall–Kier alpha value is -3.47. The average molecular weight is 797 g/mol. The zero-order valence-electron chi connectivity index (χ0n) is 23.5. The number of amides is 6. The fourth-order valence-corrected chi connectivity index (χ4v) is 2.95. The molecule has 4 saturated heterocycles. The summed E-state index contributed by atoms with van der Waals surface area (Å²) in [5.41, 5.74) is 8.12. The van der Waals surface area contributed by atoms with Crippen LogP contribution in [-0.4, -0.2) is 113 Å². The van der Waals surface area contributed by atoms with Crippen molar-refractivity contribution in [1.82, 2.24) is 10.2 Å². The van der Waals surface area contributed by atoms with Crippen LogP contribution in [0.1, 0.15) is 0 Å². The molecule has 45 heavy (non-hydrogen) atoms. The van der Waals surface area contributed by atoms with Gasteiger partial charge in [0.25, 0.3) is 23.1 Å². The van der Waals surface area contributed by atoms with Gasteiger partial charge < -0.3 is 82.2 Å². The van der Waals surface area contributed by atoms with E-state index in [9.17, 15) is 57.5 Å². The first-order valence-corrected chi connectivity index (χ1v) is 9.87. The van der Waals surface area contributed by atoms with Crippen LogP contribution in [-0.2, 0) is 132 Å². The number of ether oxygens (including phenoxy) is 2. The maximum atomic E-state index is 11.0. The fourth-order valence-electron chi connectivity index (χ4n) is 2.95. The van der Waals surface area contributed by atoms with Crippen molar-refractivity contribution in [1.29, 1.82) is 0 Å². The first-order valence-electron chi connectivity index (χ1n) is 9.87. The summed E-state index contributed by atoms with van der Waals surface area (Å²) in [5.74, 6) is -15.9. The van der Waals surface area contributed by atoms with Crippen molar-refractivity contribution in [3.8, 4) is 0 Å². The number of carboxylic acids is 2. The van der Waals surface area contributed by atoms with Crippen LogP contribution >= 0.6 is 0 Å². The number of nitrogens with zero attached hydrogens (tertiary/aromatic N) is 2. The van der Waals surface area contributed by atoms with E-state index in [-0.39, 0.29) is 92.4 Å². The van der Waals surface area contributed by atoms with Gasteiger partial charge in [-0.05, 0) is 0 Å². The molecule has 4 aliphatic heterocycles. The van der Waals surface area contributed by atoms with Gasteiger partial charge in [0.05, 0.1) is 17.7 Å². The van der Waals surface area contributed by atoms with Gasteiger partial charge in [-0.2, -0.15) is 0 Å². The van der Waals surface area contributed by atoms with E-state index in [4.69, 9.17) is 15.9 Å². The third kappa shape index (κ3) is 7.34. The van der Waals surface area contributed by atoms with Gasteiger partial charge in [-0.3, -0.25) is 19.3 Å². The number of carbonyl (C=O) groups excluding carboxylic acids is 10. The Kier molecular flexibility index (Phi) is 21.0. The second-order valence-electron chi connectivity index (χ2n) is 7.25. The number of aliphatic carboxylic acids is 2. The predicted molar refractivity (Wildman–Crippen MR) is 127 cm³/mol. The summed E-state index contributed by atoms with van der Waals surface area (Å²) in [6.07, 6.45) is 0. The van der Waals surface area contributed by atoms with Crippen molar-refractivity contribution in [2.75, 3.05) is 20.8 Å². The van der Waals surface area contributed by atoms with E-state index >= 15 is 0 Å². The van der Waals surface area contributed by atoms with Crippen LogP contribution in [0.15, 0.2) is 0 Å². The van der Waals surface area contributed by atoms with Crippen molar-refractivity contribution in [3.05, 3.63) is 25.9 Å². The van der Waals surface area contributed by atoms with Crippen LogP contribution in [0.4, 0.5) is 0 Å². The summed E-state index contributed by atoms with van der Waals surface area (Å²) in [5, 5.41) is 21.6. The molecule has 2 spiro atoms. The van der Waals surface area contributed by atoms with Crippen molar-refractivity contribution in [2.24, 2.45) is 27.7 Å². The maximum absolute atomic E-state index is 11.0. The minimum absolute atomic E-state index is 0.